The van der Waals surface area contributed by atoms with Crippen molar-refractivity contribution in [3.8, 4) is 11.5 Å². The number of hydrogen-bond acceptors (Lipinski definition) is 6. The Hall–Kier alpha value is -3.00. The van der Waals surface area contributed by atoms with E-state index in [1.807, 2.05) is 42.5 Å². The fourth-order valence-corrected chi connectivity index (χ4v) is 4.03. The number of amides is 2. The number of rotatable bonds is 10. The molecule has 2 aromatic carbocycles. The summed E-state index contributed by atoms with van der Waals surface area (Å²) in [5.74, 6) is 1.82. The third-order valence-electron chi connectivity index (χ3n) is 5.11. The predicted octanol–water partition coefficient (Wildman–Crippen LogP) is 4.95. The van der Waals surface area contributed by atoms with E-state index in [-0.39, 0.29) is 11.1 Å². The largest absolute Gasteiger partial charge is 0.493 e. The summed E-state index contributed by atoms with van der Waals surface area (Å²) in [6.45, 7) is 2.54. The van der Waals surface area contributed by atoms with Crippen molar-refractivity contribution >= 4 is 34.3 Å². The molecule has 0 fully saturated rings. The lowest BCUT2D eigenvalue weighted by Crippen LogP contribution is -2.31. The number of hydrazone groups is 1. The lowest BCUT2D eigenvalue weighted by molar-refractivity contribution is -0.116. The zero-order chi connectivity index (χ0) is 22.9. The highest BCUT2D eigenvalue weighted by molar-refractivity contribution is 8.14. The van der Waals surface area contributed by atoms with Crippen molar-refractivity contribution in [1.82, 2.24) is 5.01 Å². The number of hydrogen-bond donors (Lipinski definition) is 1. The third-order valence-corrected chi connectivity index (χ3v) is 5.98. The molecule has 0 atom stereocenters. The van der Waals surface area contributed by atoms with E-state index < -0.39 is 0 Å². The zero-order valence-electron chi connectivity index (χ0n) is 18.7. The highest BCUT2D eigenvalue weighted by atomic mass is 32.2. The zero-order valence-corrected chi connectivity index (χ0v) is 19.5. The maximum atomic E-state index is 12.4. The summed E-state index contributed by atoms with van der Waals surface area (Å²) < 4.78 is 10.7. The Morgan fingerprint density at radius 3 is 2.56 bits per heavy atom. The van der Waals surface area contributed by atoms with E-state index in [1.54, 1.807) is 14.2 Å². The summed E-state index contributed by atoms with van der Waals surface area (Å²) in [5, 5.41) is 8.95. The first-order chi connectivity index (χ1) is 15.5. The maximum absolute atomic E-state index is 12.4. The van der Waals surface area contributed by atoms with Crippen LogP contribution in [0.5, 0.6) is 11.5 Å². The first-order valence-electron chi connectivity index (χ1n) is 10.7. The van der Waals surface area contributed by atoms with Crippen molar-refractivity contribution in [1.29, 1.82) is 0 Å². The van der Waals surface area contributed by atoms with Crippen molar-refractivity contribution in [3.63, 3.8) is 0 Å². The molecule has 32 heavy (non-hydrogen) atoms. The van der Waals surface area contributed by atoms with Gasteiger partial charge in [0.25, 0.3) is 0 Å². The van der Waals surface area contributed by atoms with Crippen LogP contribution in [0.2, 0.25) is 0 Å². The minimum absolute atomic E-state index is 0.0348. The molecule has 0 aromatic heterocycles. The number of carbonyl (C=O) groups excluding carboxylic acids is 2. The molecule has 3 rings (SSSR count). The van der Waals surface area contributed by atoms with Crippen LogP contribution in [-0.4, -0.2) is 48.4 Å². The Morgan fingerprint density at radius 1 is 1.12 bits per heavy atom. The van der Waals surface area contributed by atoms with Crippen molar-refractivity contribution in [2.24, 2.45) is 5.10 Å². The van der Waals surface area contributed by atoms with Gasteiger partial charge in [-0.3, -0.25) is 9.59 Å². The van der Waals surface area contributed by atoms with Crippen LogP contribution in [-0.2, 0) is 11.2 Å². The maximum Gasteiger partial charge on any atom is 0.302 e. The number of nitrogens with one attached hydrogen (secondary N) is 1. The van der Waals surface area contributed by atoms with Gasteiger partial charge in [0.05, 0.1) is 19.9 Å². The smallest absolute Gasteiger partial charge is 0.302 e. The fraction of sp³-hybridized carbons (Fsp3) is 0.375. The summed E-state index contributed by atoms with van der Waals surface area (Å²) in [4.78, 5) is 24.2. The molecule has 7 nitrogen and oxygen atoms in total. The Kier molecular flexibility index (Phi) is 8.56. The summed E-state index contributed by atoms with van der Waals surface area (Å²) in [6.07, 6.45) is 3.08. The van der Waals surface area contributed by atoms with Crippen molar-refractivity contribution in [2.45, 2.75) is 32.6 Å². The van der Waals surface area contributed by atoms with Crippen LogP contribution in [0, 0.1) is 0 Å². The van der Waals surface area contributed by atoms with Crippen LogP contribution in [0.1, 0.15) is 37.3 Å². The molecule has 1 aliphatic rings. The summed E-state index contributed by atoms with van der Waals surface area (Å²) >= 11 is 1.24. The normalized spacial score (nSPS) is 13.5. The first kappa shape index (κ1) is 23.7. The molecule has 8 heteroatoms. The first-order valence-corrected chi connectivity index (χ1v) is 11.7. The van der Waals surface area contributed by atoms with Gasteiger partial charge in [-0.1, -0.05) is 37.2 Å². The molecular formula is C24H29N3O4S. The monoisotopic (exact) mass is 455 g/mol. The molecule has 1 aliphatic heterocycles. The number of benzene rings is 2. The Balaban J connectivity index is 1.63. The number of methoxy groups -OCH3 is 2. The summed E-state index contributed by atoms with van der Waals surface area (Å²) in [5.41, 5.74) is 3.58. The van der Waals surface area contributed by atoms with Crippen LogP contribution in [0.4, 0.5) is 10.5 Å². The SMILES string of the molecule is CCCCC(=O)Nc1ccc(CCN2N=C(c3ccc(OC)c(OC)c3)CSC2=O)cc1. The molecule has 2 amide bonds. The van der Waals surface area contributed by atoms with E-state index in [1.165, 1.54) is 16.8 Å². The van der Waals surface area contributed by atoms with Gasteiger partial charge < -0.3 is 14.8 Å². The number of anilines is 1. The second-order valence-corrected chi connectivity index (χ2v) is 8.32. The standard InChI is InChI=1S/C24H29N3O4S/c1-4-5-6-23(28)25-19-10-7-17(8-11-19)13-14-27-24(29)32-16-20(26-27)18-9-12-21(30-2)22(15-18)31-3/h7-12,15H,4-6,13-14,16H2,1-3H3,(H,25,28). The molecule has 1 heterocycles. The number of thioether (sulfide) groups is 1. The second-order valence-electron chi connectivity index (χ2n) is 7.39. The second kappa shape index (κ2) is 11.6. The van der Waals surface area contributed by atoms with Gasteiger partial charge in [-0.25, -0.2) is 5.01 Å². The molecule has 0 bridgehead atoms. The molecule has 0 spiro atoms. The fourth-order valence-electron chi connectivity index (χ4n) is 3.27. The van der Waals surface area contributed by atoms with E-state index in [4.69, 9.17) is 9.47 Å². The Labute approximate surface area is 193 Å². The minimum Gasteiger partial charge on any atom is -0.493 e. The van der Waals surface area contributed by atoms with E-state index in [9.17, 15) is 9.59 Å². The number of nitrogens with zero attached hydrogens (tertiary/aromatic N) is 2. The van der Waals surface area contributed by atoms with Gasteiger partial charge in [0, 0.05) is 30.0 Å². The molecular weight excluding hydrogens is 426 g/mol. The summed E-state index contributed by atoms with van der Waals surface area (Å²) in [6, 6.07) is 13.4. The van der Waals surface area contributed by atoms with Gasteiger partial charge in [0.1, 0.15) is 0 Å². The van der Waals surface area contributed by atoms with Gasteiger partial charge in [-0.15, -0.1) is 0 Å². The van der Waals surface area contributed by atoms with E-state index in [0.29, 0.717) is 36.6 Å². The van der Waals surface area contributed by atoms with Crippen molar-refractivity contribution in [3.05, 3.63) is 53.6 Å². The number of ether oxygens (including phenoxy) is 2. The van der Waals surface area contributed by atoms with Crippen LogP contribution < -0.4 is 14.8 Å². The average molecular weight is 456 g/mol. The highest BCUT2D eigenvalue weighted by Gasteiger charge is 2.22. The average Bonchev–Trinajstić information content (AvgIpc) is 2.82. The Bertz CT molecular complexity index is 976. The number of unbranched alkanes of at least 4 members (excludes halogenated alkanes) is 1. The molecule has 0 saturated heterocycles. The van der Waals surface area contributed by atoms with E-state index in [2.05, 4.69) is 17.3 Å². The molecule has 170 valence electrons. The van der Waals surface area contributed by atoms with Gasteiger partial charge in [-0.2, -0.15) is 5.10 Å². The Morgan fingerprint density at radius 2 is 1.88 bits per heavy atom. The topological polar surface area (TPSA) is 80.2 Å². The van der Waals surface area contributed by atoms with Gasteiger partial charge in [0.2, 0.25) is 5.91 Å². The molecule has 2 aromatic rings. The minimum atomic E-state index is -0.0611. The molecule has 0 aliphatic carbocycles. The van der Waals surface area contributed by atoms with Crippen LogP contribution in [0.3, 0.4) is 0 Å². The molecule has 0 radical (unpaired) electrons. The quantitative estimate of drug-likeness (QED) is 0.548. The molecule has 0 unspecified atom stereocenters. The van der Waals surface area contributed by atoms with Crippen LogP contribution >= 0.6 is 11.8 Å². The van der Waals surface area contributed by atoms with Crippen LogP contribution in [0.15, 0.2) is 47.6 Å². The molecule has 0 saturated carbocycles. The lowest BCUT2D eigenvalue weighted by atomic mass is 10.1. The van der Waals surface area contributed by atoms with Gasteiger partial charge >= 0.3 is 5.24 Å². The third kappa shape index (κ3) is 6.26. The molecule has 1 N–H and O–H groups in total. The number of carbonyl (C=O) groups is 2. The van der Waals surface area contributed by atoms with E-state index in [0.717, 1.165) is 35.4 Å². The lowest BCUT2D eigenvalue weighted by Gasteiger charge is -2.23. The van der Waals surface area contributed by atoms with Gasteiger partial charge in [-0.05, 0) is 48.7 Å². The summed E-state index contributed by atoms with van der Waals surface area (Å²) in [7, 11) is 3.19. The van der Waals surface area contributed by atoms with E-state index >= 15 is 0 Å². The van der Waals surface area contributed by atoms with Crippen molar-refractivity contribution < 1.29 is 19.1 Å². The predicted molar refractivity (Wildman–Crippen MR) is 129 cm³/mol. The van der Waals surface area contributed by atoms with Crippen LogP contribution in [0.25, 0.3) is 0 Å². The van der Waals surface area contributed by atoms with Crippen molar-refractivity contribution in [2.75, 3.05) is 31.8 Å². The van der Waals surface area contributed by atoms with Gasteiger partial charge in [0.15, 0.2) is 11.5 Å². The highest BCUT2D eigenvalue weighted by Crippen LogP contribution is 2.29.